The topological polar surface area (TPSA) is 41.1 Å². The molecule has 0 aromatic rings. The molecular formula is C8H15F3N2OS. The van der Waals surface area contributed by atoms with Crippen LogP contribution < -0.4 is 10.6 Å². The van der Waals surface area contributed by atoms with Gasteiger partial charge in [-0.2, -0.15) is 13.2 Å². The molecule has 15 heavy (non-hydrogen) atoms. The van der Waals surface area contributed by atoms with Gasteiger partial charge in [-0.25, -0.2) is 0 Å². The fourth-order valence-corrected chi connectivity index (χ4v) is 1.15. The summed E-state index contributed by atoms with van der Waals surface area (Å²) in [5.74, 6) is -0.442. The van der Waals surface area contributed by atoms with Gasteiger partial charge in [-0.05, 0) is 11.8 Å². The molecule has 0 fully saturated rings. The Morgan fingerprint density at radius 3 is 2.47 bits per heavy atom. The predicted molar refractivity (Wildman–Crippen MR) is 54.7 cm³/mol. The Morgan fingerprint density at radius 2 is 2.00 bits per heavy atom. The van der Waals surface area contributed by atoms with Crippen molar-refractivity contribution in [1.29, 1.82) is 0 Å². The third kappa shape index (κ3) is 11.5. The molecule has 0 aliphatic carbocycles. The average molecular weight is 244 g/mol. The van der Waals surface area contributed by atoms with Crippen LogP contribution in [0.15, 0.2) is 0 Å². The fraction of sp³-hybridized carbons (Fsp3) is 0.875. The van der Waals surface area contributed by atoms with E-state index in [0.717, 1.165) is 0 Å². The number of amides is 1. The van der Waals surface area contributed by atoms with Crippen LogP contribution in [0.5, 0.6) is 0 Å². The Hall–Kier alpha value is -0.430. The molecule has 90 valence electrons. The number of carbonyl (C=O) groups is 1. The molecule has 0 saturated heterocycles. The molecule has 0 rings (SSSR count). The van der Waals surface area contributed by atoms with Gasteiger partial charge in [-0.15, -0.1) is 0 Å². The van der Waals surface area contributed by atoms with Crippen molar-refractivity contribution in [2.45, 2.75) is 25.4 Å². The lowest BCUT2D eigenvalue weighted by Gasteiger charge is -2.09. The van der Waals surface area contributed by atoms with Gasteiger partial charge in [0.15, 0.2) is 0 Å². The summed E-state index contributed by atoms with van der Waals surface area (Å²) in [5.41, 5.74) is -4.22. The molecule has 0 heterocycles. The van der Waals surface area contributed by atoms with E-state index in [9.17, 15) is 18.0 Å². The summed E-state index contributed by atoms with van der Waals surface area (Å²) >= 11 is -0.135. The van der Waals surface area contributed by atoms with Crippen molar-refractivity contribution in [3.8, 4) is 0 Å². The third-order valence-corrected chi connectivity index (χ3v) is 2.10. The minimum atomic E-state index is -4.22. The number of nitrogens with one attached hydrogen (secondary N) is 2. The van der Waals surface area contributed by atoms with E-state index < -0.39 is 5.51 Å². The van der Waals surface area contributed by atoms with Gasteiger partial charge in [0.25, 0.3) is 0 Å². The van der Waals surface area contributed by atoms with Gasteiger partial charge in [0.1, 0.15) is 0 Å². The maximum Gasteiger partial charge on any atom is 0.441 e. The lowest BCUT2D eigenvalue weighted by atomic mass is 10.4. The molecule has 0 unspecified atom stereocenters. The van der Waals surface area contributed by atoms with Crippen LogP contribution in [-0.2, 0) is 4.79 Å². The predicted octanol–water partition coefficient (Wildman–Crippen LogP) is 1.35. The van der Waals surface area contributed by atoms with Crippen LogP contribution in [0.25, 0.3) is 0 Å². The zero-order chi connectivity index (χ0) is 11.9. The van der Waals surface area contributed by atoms with E-state index in [4.69, 9.17) is 0 Å². The van der Waals surface area contributed by atoms with E-state index >= 15 is 0 Å². The molecule has 2 N–H and O–H groups in total. The summed E-state index contributed by atoms with van der Waals surface area (Å²) in [5, 5.41) is 5.25. The molecule has 0 aliphatic heterocycles. The summed E-state index contributed by atoms with van der Waals surface area (Å²) in [4.78, 5) is 11.0. The number of alkyl halides is 3. The molecule has 1 amide bonds. The summed E-state index contributed by atoms with van der Waals surface area (Å²) in [6, 6.07) is 0.181. The number of hydrogen-bond donors (Lipinski definition) is 2. The molecule has 0 aliphatic rings. The van der Waals surface area contributed by atoms with Crippen LogP contribution in [0.1, 0.15) is 13.8 Å². The summed E-state index contributed by atoms with van der Waals surface area (Å²) in [6.07, 6.45) is 0. The second-order valence-electron chi connectivity index (χ2n) is 3.18. The lowest BCUT2D eigenvalue weighted by Crippen LogP contribution is -2.37. The second-order valence-corrected chi connectivity index (χ2v) is 4.34. The van der Waals surface area contributed by atoms with E-state index in [2.05, 4.69) is 10.6 Å². The smallest absolute Gasteiger partial charge is 0.354 e. The van der Waals surface area contributed by atoms with Crippen molar-refractivity contribution < 1.29 is 18.0 Å². The normalized spacial score (nSPS) is 11.9. The number of halogens is 3. The molecule has 0 atom stereocenters. The van der Waals surface area contributed by atoms with Crippen LogP contribution in [-0.4, -0.2) is 36.3 Å². The maximum absolute atomic E-state index is 11.7. The fourth-order valence-electron chi connectivity index (χ4n) is 0.717. The first kappa shape index (κ1) is 14.6. The summed E-state index contributed by atoms with van der Waals surface area (Å²) < 4.78 is 35.0. The van der Waals surface area contributed by atoms with Crippen molar-refractivity contribution in [1.82, 2.24) is 10.6 Å². The highest BCUT2D eigenvalue weighted by Crippen LogP contribution is 2.29. The van der Waals surface area contributed by atoms with Crippen molar-refractivity contribution >= 4 is 17.7 Å². The lowest BCUT2D eigenvalue weighted by molar-refractivity contribution is -0.120. The Labute approximate surface area is 91.2 Å². The van der Waals surface area contributed by atoms with Gasteiger partial charge in [0, 0.05) is 18.3 Å². The van der Waals surface area contributed by atoms with Gasteiger partial charge < -0.3 is 10.6 Å². The molecule has 0 saturated carbocycles. The SMILES string of the molecule is CC(C)NCC(=O)NCCSC(F)(F)F. The van der Waals surface area contributed by atoms with E-state index in [1.165, 1.54) is 0 Å². The first-order chi connectivity index (χ1) is 6.81. The summed E-state index contributed by atoms with van der Waals surface area (Å²) in [7, 11) is 0. The highest BCUT2D eigenvalue weighted by molar-refractivity contribution is 8.00. The zero-order valence-corrected chi connectivity index (χ0v) is 9.47. The maximum atomic E-state index is 11.7. The molecule has 0 aromatic heterocycles. The summed E-state index contributed by atoms with van der Waals surface area (Å²) in [6.45, 7) is 3.93. The molecular weight excluding hydrogens is 229 g/mol. The largest absolute Gasteiger partial charge is 0.441 e. The molecule has 3 nitrogen and oxygen atoms in total. The molecule has 7 heteroatoms. The van der Waals surface area contributed by atoms with Gasteiger partial charge in [-0.3, -0.25) is 4.79 Å². The molecule has 0 bridgehead atoms. The highest BCUT2D eigenvalue weighted by Gasteiger charge is 2.27. The van der Waals surface area contributed by atoms with E-state index in [-0.39, 0.29) is 42.6 Å². The molecule has 0 radical (unpaired) electrons. The first-order valence-electron chi connectivity index (χ1n) is 4.52. The Morgan fingerprint density at radius 1 is 1.40 bits per heavy atom. The van der Waals surface area contributed by atoms with Gasteiger partial charge in [0.2, 0.25) is 5.91 Å². The van der Waals surface area contributed by atoms with Crippen LogP contribution >= 0.6 is 11.8 Å². The van der Waals surface area contributed by atoms with Crippen molar-refractivity contribution in [3.63, 3.8) is 0 Å². The van der Waals surface area contributed by atoms with Gasteiger partial charge in [-0.1, -0.05) is 13.8 Å². The van der Waals surface area contributed by atoms with Crippen molar-refractivity contribution in [2.75, 3.05) is 18.8 Å². The minimum absolute atomic E-state index is 0.0305. The third-order valence-electron chi connectivity index (χ3n) is 1.36. The number of carbonyl (C=O) groups excluding carboxylic acids is 1. The Balaban J connectivity index is 3.40. The monoisotopic (exact) mass is 244 g/mol. The number of hydrogen-bond acceptors (Lipinski definition) is 3. The highest BCUT2D eigenvalue weighted by atomic mass is 32.2. The zero-order valence-electron chi connectivity index (χ0n) is 8.65. The van der Waals surface area contributed by atoms with Crippen molar-refractivity contribution in [2.24, 2.45) is 0 Å². The minimum Gasteiger partial charge on any atom is -0.354 e. The standard InChI is InChI=1S/C8H15F3N2OS/c1-6(2)13-5-7(14)12-3-4-15-8(9,10)11/h6,13H,3-5H2,1-2H3,(H,12,14). The number of thioether (sulfide) groups is 1. The van der Waals surface area contributed by atoms with Crippen LogP contribution in [0, 0.1) is 0 Å². The molecule has 0 aromatic carbocycles. The van der Waals surface area contributed by atoms with Gasteiger partial charge in [0.05, 0.1) is 6.54 Å². The number of rotatable bonds is 6. The quantitative estimate of drug-likeness (QED) is 0.693. The average Bonchev–Trinajstić information content (AvgIpc) is 2.07. The van der Waals surface area contributed by atoms with Gasteiger partial charge >= 0.3 is 5.51 Å². The Bertz CT molecular complexity index is 197. The van der Waals surface area contributed by atoms with Crippen LogP contribution in [0.2, 0.25) is 0 Å². The second kappa shape index (κ2) is 6.95. The van der Waals surface area contributed by atoms with E-state index in [1.54, 1.807) is 0 Å². The Kier molecular flexibility index (Phi) is 6.75. The van der Waals surface area contributed by atoms with Crippen LogP contribution in [0.3, 0.4) is 0 Å². The van der Waals surface area contributed by atoms with E-state index in [1.807, 2.05) is 13.8 Å². The van der Waals surface area contributed by atoms with Crippen LogP contribution in [0.4, 0.5) is 13.2 Å². The van der Waals surface area contributed by atoms with E-state index in [0.29, 0.717) is 0 Å². The van der Waals surface area contributed by atoms with Crippen molar-refractivity contribution in [3.05, 3.63) is 0 Å². The first-order valence-corrected chi connectivity index (χ1v) is 5.50. The molecule has 0 spiro atoms.